The molecule has 3 N–H and O–H groups in total. The lowest BCUT2D eigenvalue weighted by Gasteiger charge is -2.30. The van der Waals surface area contributed by atoms with Crippen LogP contribution in [0.2, 0.25) is 0 Å². The Kier molecular flexibility index (Phi) is 6.07. The number of thioether (sulfide) groups is 1. The molecule has 19 heavy (non-hydrogen) atoms. The maximum absolute atomic E-state index is 5.68. The van der Waals surface area contributed by atoms with Crippen LogP contribution in [-0.2, 0) is 0 Å². The molecule has 106 valence electrons. The Morgan fingerprint density at radius 3 is 2.53 bits per heavy atom. The van der Waals surface area contributed by atoms with Crippen molar-refractivity contribution in [3.8, 4) is 0 Å². The lowest BCUT2D eigenvalue weighted by Crippen LogP contribution is -2.32. The fourth-order valence-electron chi connectivity index (χ4n) is 2.01. The summed E-state index contributed by atoms with van der Waals surface area (Å²) in [4.78, 5) is 4.90. The van der Waals surface area contributed by atoms with E-state index in [1.165, 1.54) is 0 Å². The topological polar surface area (TPSA) is 50.9 Å². The molecule has 0 amide bonds. The highest BCUT2D eigenvalue weighted by atomic mass is 32.2. The van der Waals surface area contributed by atoms with Crippen molar-refractivity contribution in [1.82, 2.24) is 4.98 Å². The lowest BCUT2D eigenvalue weighted by molar-refractivity contribution is 0.574. The average molecular weight is 297 g/mol. The first-order chi connectivity index (χ1) is 8.96. The lowest BCUT2D eigenvalue weighted by atomic mass is 10.0. The highest BCUT2D eigenvalue weighted by molar-refractivity contribution is 8.00. The highest BCUT2D eigenvalue weighted by Crippen LogP contribution is 2.30. The van der Waals surface area contributed by atoms with Gasteiger partial charge in [0.05, 0.1) is 0 Å². The molecule has 0 aliphatic carbocycles. The third kappa shape index (κ3) is 4.35. The number of nitrogens with one attached hydrogen (secondary N) is 1. The molecule has 3 nitrogen and oxygen atoms in total. The number of nitrogens with two attached hydrogens (primary N) is 1. The van der Waals surface area contributed by atoms with E-state index >= 15 is 0 Å². The zero-order valence-electron chi connectivity index (χ0n) is 12.1. The third-order valence-corrected chi connectivity index (χ3v) is 5.37. The van der Waals surface area contributed by atoms with Crippen LogP contribution in [0.25, 0.3) is 0 Å². The molecule has 1 aromatic rings. The quantitative estimate of drug-likeness (QED) is 0.756. The van der Waals surface area contributed by atoms with Gasteiger partial charge < -0.3 is 11.1 Å². The van der Waals surface area contributed by atoms with Gasteiger partial charge in [0.25, 0.3) is 0 Å². The zero-order valence-corrected chi connectivity index (χ0v) is 13.8. The van der Waals surface area contributed by atoms with Gasteiger partial charge in [0.1, 0.15) is 10.8 Å². The average Bonchev–Trinajstić information content (AvgIpc) is 2.40. The van der Waals surface area contributed by atoms with Gasteiger partial charge in [-0.05, 0) is 38.2 Å². The molecule has 1 rings (SSSR count). The molecule has 5 heteroatoms. The van der Waals surface area contributed by atoms with E-state index < -0.39 is 0 Å². The number of thiocarbonyl (C=S) groups is 1. The van der Waals surface area contributed by atoms with Gasteiger partial charge in [-0.1, -0.05) is 26.1 Å². The first-order valence-corrected chi connectivity index (χ1v) is 8.17. The molecule has 0 saturated heterocycles. The predicted octanol–water partition coefficient (Wildman–Crippen LogP) is 3.36. The zero-order chi connectivity index (χ0) is 14.5. The first kappa shape index (κ1) is 16.2. The standard InChI is InChI=1S/C14H23N3S2/c1-5-14(6-2,19-4)9-16-12-8-11(13(15)18)7-10(3)17-12/h7-8H,5-6,9H2,1-4H3,(H2,15,18)(H,16,17). The van der Waals surface area contributed by atoms with Crippen molar-refractivity contribution in [2.75, 3.05) is 18.1 Å². The van der Waals surface area contributed by atoms with Gasteiger partial charge in [-0.3, -0.25) is 0 Å². The largest absolute Gasteiger partial charge is 0.389 e. The summed E-state index contributed by atoms with van der Waals surface area (Å²) < 4.78 is 0.259. The minimum Gasteiger partial charge on any atom is -0.389 e. The Labute approximate surface area is 125 Å². The normalized spacial score (nSPS) is 11.4. The number of hydrogen-bond donors (Lipinski definition) is 2. The third-order valence-electron chi connectivity index (χ3n) is 3.55. The van der Waals surface area contributed by atoms with Gasteiger partial charge in [0.15, 0.2) is 0 Å². The minimum absolute atomic E-state index is 0.259. The van der Waals surface area contributed by atoms with Crippen LogP contribution in [0, 0.1) is 6.92 Å². The van der Waals surface area contributed by atoms with Crippen molar-refractivity contribution in [2.45, 2.75) is 38.4 Å². The number of nitrogens with zero attached hydrogens (tertiary/aromatic N) is 1. The van der Waals surface area contributed by atoms with Gasteiger partial charge in [0.2, 0.25) is 0 Å². The van der Waals surface area contributed by atoms with Crippen molar-refractivity contribution in [3.05, 3.63) is 23.4 Å². The van der Waals surface area contributed by atoms with Crippen LogP contribution in [0.15, 0.2) is 12.1 Å². The number of anilines is 1. The fourth-order valence-corrected chi connectivity index (χ4v) is 2.93. The molecule has 0 aliphatic heterocycles. The smallest absolute Gasteiger partial charge is 0.126 e. The van der Waals surface area contributed by atoms with Gasteiger partial charge in [0, 0.05) is 22.5 Å². The fraction of sp³-hybridized carbons (Fsp3) is 0.571. The van der Waals surface area contributed by atoms with E-state index in [-0.39, 0.29) is 4.75 Å². The van der Waals surface area contributed by atoms with Crippen LogP contribution >= 0.6 is 24.0 Å². The molecule has 0 fully saturated rings. The molecule has 0 aliphatic rings. The van der Waals surface area contributed by atoms with Crippen LogP contribution < -0.4 is 11.1 Å². The molecule has 0 unspecified atom stereocenters. The summed E-state index contributed by atoms with van der Waals surface area (Å²) in [7, 11) is 0. The van der Waals surface area contributed by atoms with Crippen LogP contribution in [0.5, 0.6) is 0 Å². The summed E-state index contributed by atoms with van der Waals surface area (Å²) in [6.45, 7) is 7.31. The van der Waals surface area contributed by atoms with Crippen molar-refractivity contribution >= 4 is 34.8 Å². The molecular formula is C14H23N3S2. The summed E-state index contributed by atoms with van der Waals surface area (Å²) >= 11 is 6.94. The van der Waals surface area contributed by atoms with E-state index in [4.69, 9.17) is 18.0 Å². The molecule has 0 saturated carbocycles. The second-order valence-corrected chi connectivity index (χ2v) is 6.41. The maximum Gasteiger partial charge on any atom is 0.126 e. The van der Waals surface area contributed by atoms with E-state index in [0.717, 1.165) is 36.5 Å². The summed E-state index contributed by atoms with van der Waals surface area (Å²) in [6.07, 6.45) is 4.43. The van der Waals surface area contributed by atoms with Crippen molar-refractivity contribution in [2.24, 2.45) is 5.73 Å². The molecule has 0 radical (unpaired) electrons. The first-order valence-electron chi connectivity index (χ1n) is 6.54. The van der Waals surface area contributed by atoms with E-state index in [1.54, 1.807) is 0 Å². The summed E-state index contributed by atoms with van der Waals surface area (Å²) in [6, 6.07) is 3.83. The summed E-state index contributed by atoms with van der Waals surface area (Å²) in [5.74, 6) is 0.850. The molecule has 1 heterocycles. The number of aryl methyl sites for hydroxylation is 1. The molecule has 1 aromatic heterocycles. The Morgan fingerprint density at radius 1 is 1.42 bits per heavy atom. The molecule has 0 atom stereocenters. The van der Waals surface area contributed by atoms with Gasteiger partial charge in [-0.15, -0.1) is 0 Å². The molecule has 0 bridgehead atoms. The minimum atomic E-state index is 0.259. The second-order valence-electron chi connectivity index (χ2n) is 4.69. The second kappa shape index (κ2) is 7.10. The molecule has 0 spiro atoms. The van der Waals surface area contributed by atoms with E-state index in [2.05, 4.69) is 30.4 Å². The van der Waals surface area contributed by atoms with Crippen molar-refractivity contribution in [1.29, 1.82) is 0 Å². The van der Waals surface area contributed by atoms with Gasteiger partial charge in [-0.25, -0.2) is 4.98 Å². The van der Waals surface area contributed by atoms with Gasteiger partial charge >= 0.3 is 0 Å². The number of pyridine rings is 1. The van der Waals surface area contributed by atoms with Crippen LogP contribution in [0.4, 0.5) is 5.82 Å². The monoisotopic (exact) mass is 297 g/mol. The van der Waals surface area contributed by atoms with Crippen LogP contribution in [-0.4, -0.2) is 27.5 Å². The Bertz CT molecular complexity index is 434. The molecular weight excluding hydrogens is 274 g/mol. The number of aromatic nitrogens is 1. The van der Waals surface area contributed by atoms with Crippen molar-refractivity contribution < 1.29 is 0 Å². The summed E-state index contributed by atoms with van der Waals surface area (Å²) in [5.41, 5.74) is 7.48. The Balaban J connectivity index is 2.85. The SMILES string of the molecule is CCC(CC)(CNc1cc(C(N)=S)cc(C)n1)SC. The van der Waals surface area contributed by atoms with E-state index in [0.29, 0.717) is 4.99 Å². The number of hydrogen-bond acceptors (Lipinski definition) is 4. The summed E-state index contributed by atoms with van der Waals surface area (Å²) in [5, 5.41) is 3.43. The van der Waals surface area contributed by atoms with Crippen LogP contribution in [0.1, 0.15) is 37.9 Å². The maximum atomic E-state index is 5.68. The van der Waals surface area contributed by atoms with Crippen LogP contribution in [0.3, 0.4) is 0 Å². The number of rotatable bonds is 7. The predicted molar refractivity (Wildman–Crippen MR) is 90.2 cm³/mol. The van der Waals surface area contributed by atoms with Gasteiger partial charge in [-0.2, -0.15) is 11.8 Å². The molecule has 0 aromatic carbocycles. The van der Waals surface area contributed by atoms with E-state index in [9.17, 15) is 0 Å². The Morgan fingerprint density at radius 2 is 2.05 bits per heavy atom. The Hall–Kier alpha value is -0.810. The highest BCUT2D eigenvalue weighted by Gasteiger charge is 2.24. The van der Waals surface area contributed by atoms with E-state index in [1.807, 2.05) is 30.8 Å². The van der Waals surface area contributed by atoms with Crippen molar-refractivity contribution in [3.63, 3.8) is 0 Å².